The molecule has 0 spiro atoms. The Kier molecular flexibility index (Phi) is 8.02. The normalized spacial score (nSPS) is 11.7. The number of nitrogens with one attached hydrogen (secondary N) is 1. The van der Waals surface area contributed by atoms with Gasteiger partial charge in [0.1, 0.15) is 5.75 Å². The van der Waals surface area contributed by atoms with E-state index in [1.807, 2.05) is 30.3 Å². The van der Waals surface area contributed by atoms with E-state index in [-0.39, 0.29) is 16.8 Å². The summed E-state index contributed by atoms with van der Waals surface area (Å²) in [5.74, 6) is -0.894. The Morgan fingerprint density at radius 1 is 1.12 bits per heavy atom. The van der Waals surface area contributed by atoms with E-state index in [1.54, 1.807) is 31.2 Å². The first-order chi connectivity index (χ1) is 16.4. The van der Waals surface area contributed by atoms with Crippen molar-refractivity contribution in [3.8, 4) is 5.75 Å². The third kappa shape index (κ3) is 6.46. The van der Waals surface area contributed by atoms with E-state index >= 15 is 0 Å². The highest BCUT2D eigenvalue weighted by Crippen LogP contribution is 2.18. The third-order valence-electron chi connectivity index (χ3n) is 5.02. The lowest BCUT2D eigenvalue weighted by molar-refractivity contribution is -0.112. The lowest BCUT2D eigenvalue weighted by Gasteiger charge is -2.10. The highest BCUT2D eigenvalue weighted by molar-refractivity contribution is 6.06. The molecular weight excluding hydrogens is 432 g/mol. The van der Waals surface area contributed by atoms with Gasteiger partial charge in [0.15, 0.2) is 0 Å². The Morgan fingerprint density at radius 2 is 1.82 bits per heavy atom. The average molecular weight is 459 g/mol. The summed E-state index contributed by atoms with van der Waals surface area (Å²) in [6, 6.07) is 18.4. The first-order valence-electron chi connectivity index (χ1n) is 10.5. The van der Waals surface area contributed by atoms with Crippen LogP contribution in [0, 0.1) is 6.92 Å². The molecule has 0 saturated carbocycles. The standard InChI is InChI=1S/C26H26N4O4/c1-17-23(26(32)33)13-20(16-29-17)24(28)14-19(15-27)25(31)30-21-7-9-22(10-8-21)34-12-11-18-5-3-2-4-6-18/h2-10,13-16H,11-12,27-28H2,1H3,(H,30,31)(H,32,33)/b19-15+,24-14-. The van der Waals surface area contributed by atoms with E-state index in [9.17, 15) is 14.7 Å². The minimum absolute atomic E-state index is 0.0302. The number of carbonyl (C=O) groups is 2. The topological polar surface area (TPSA) is 141 Å². The van der Waals surface area contributed by atoms with Crippen LogP contribution in [0.3, 0.4) is 0 Å². The molecule has 0 atom stereocenters. The minimum atomic E-state index is -1.11. The molecule has 1 amide bonds. The summed E-state index contributed by atoms with van der Waals surface area (Å²) in [5, 5.41) is 12.0. The quantitative estimate of drug-likeness (QED) is 0.284. The molecule has 0 aliphatic rings. The van der Waals surface area contributed by atoms with Crippen molar-refractivity contribution in [1.82, 2.24) is 4.98 Å². The van der Waals surface area contributed by atoms with Crippen LogP contribution in [0.1, 0.15) is 27.2 Å². The van der Waals surface area contributed by atoms with Gasteiger partial charge in [0.2, 0.25) is 0 Å². The fraction of sp³-hybridized carbons (Fsp3) is 0.115. The highest BCUT2D eigenvalue weighted by Gasteiger charge is 2.13. The second-order valence-corrected chi connectivity index (χ2v) is 7.45. The highest BCUT2D eigenvalue weighted by atomic mass is 16.5. The molecule has 0 bridgehead atoms. The first-order valence-corrected chi connectivity index (χ1v) is 10.5. The lowest BCUT2D eigenvalue weighted by Crippen LogP contribution is -2.15. The van der Waals surface area contributed by atoms with Gasteiger partial charge in [0, 0.05) is 35.8 Å². The monoisotopic (exact) mass is 458 g/mol. The van der Waals surface area contributed by atoms with Gasteiger partial charge in [0.25, 0.3) is 5.91 Å². The van der Waals surface area contributed by atoms with Gasteiger partial charge in [-0.2, -0.15) is 0 Å². The molecule has 6 N–H and O–H groups in total. The van der Waals surface area contributed by atoms with Gasteiger partial charge in [-0.25, -0.2) is 4.79 Å². The van der Waals surface area contributed by atoms with Crippen LogP contribution in [-0.4, -0.2) is 28.6 Å². The minimum Gasteiger partial charge on any atom is -0.493 e. The van der Waals surface area contributed by atoms with Gasteiger partial charge in [-0.15, -0.1) is 0 Å². The largest absolute Gasteiger partial charge is 0.493 e. The fourth-order valence-corrected chi connectivity index (χ4v) is 3.12. The zero-order chi connectivity index (χ0) is 24.5. The maximum Gasteiger partial charge on any atom is 0.337 e. The van der Waals surface area contributed by atoms with Crippen molar-refractivity contribution < 1.29 is 19.4 Å². The Bertz CT molecular complexity index is 1220. The Labute approximate surface area is 197 Å². The molecule has 0 radical (unpaired) electrons. The number of hydrogen-bond donors (Lipinski definition) is 4. The summed E-state index contributed by atoms with van der Waals surface area (Å²) in [5.41, 5.74) is 14.5. The molecule has 1 heterocycles. The predicted octanol–water partition coefficient (Wildman–Crippen LogP) is 3.49. The van der Waals surface area contributed by atoms with Crippen LogP contribution in [0.5, 0.6) is 5.75 Å². The molecule has 0 unspecified atom stereocenters. The molecule has 0 fully saturated rings. The first kappa shape index (κ1) is 24.1. The average Bonchev–Trinajstić information content (AvgIpc) is 2.84. The molecule has 0 aliphatic carbocycles. The number of hydrogen-bond acceptors (Lipinski definition) is 6. The van der Waals surface area contributed by atoms with Gasteiger partial charge >= 0.3 is 5.97 Å². The Morgan fingerprint density at radius 3 is 2.47 bits per heavy atom. The zero-order valence-electron chi connectivity index (χ0n) is 18.7. The number of aromatic carboxylic acids is 1. The van der Waals surface area contributed by atoms with Gasteiger partial charge in [0.05, 0.1) is 23.4 Å². The summed E-state index contributed by atoms with van der Waals surface area (Å²) < 4.78 is 5.76. The molecule has 2 aromatic carbocycles. The number of benzene rings is 2. The number of nitrogens with zero attached hydrogens (tertiary/aromatic N) is 1. The number of pyridine rings is 1. The number of carbonyl (C=O) groups excluding carboxylic acids is 1. The number of nitrogens with two attached hydrogens (primary N) is 2. The van der Waals surface area contributed by atoms with E-state index in [4.69, 9.17) is 16.2 Å². The summed E-state index contributed by atoms with van der Waals surface area (Å²) in [7, 11) is 0. The van der Waals surface area contributed by atoms with Crippen LogP contribution in [0.25, 0.3) is 5.70 Å². The second-order valence-electron chi connectivity index (χ2n) is 7.45. The summed E-state index contributed by atoms with van der Waals surface area (Å²) in [4.78, 5) is 28.0. The number of rotatable bonds is 9. The SMILES string of the molecule is Cc1ncc(/C(N)=C/C(=C\N)C(=O)Nc2ccc(OCCc3ccccc3)cc2)cc1C(=O)O. The van der Waals surface area contributed by atoms with Crippen LogP contribution in [0.15, 0.2) is 84.7 Å². The van der Waals surface area contributed by atoms with E-state index in [0.29, 0.717) is 29.3 Å². The van der Waals surface area contributed by atoms with Crippen LogP contribution in [-0.2, 0) is 11.2 Å². The maximum absolute atomic E-state index is 12.7. The number of aryl methyl sites for hydroxylation is 1. The summed E-state index contributed by atoms with van der Waals surface area (Å²) in [6.45, 7) is 2.13. The molecule has 3 aromatic rings. The molecule has 34 heavy (non-hydrogen) atoms. The summed E-state index contributed by atoms with van der Waals surface area (Å²) >= 11 is 0. The van der Waals surface area contributed by atoms with Crippen molar-refractivity contribution in [2.24, 2.45) is 11.5 Å². The third-order valence-corrected chi connectivity index (χ3v) is 5.02. The predicted molar refractivity (Wildman–Crippen MR) is 131 cm³/mol. The van der Waals surface area contributed by atoms with Crippen molar-refractivity contribution in [3.05, 3.63) is 107 Å². The van der Waals surface area contributed by atoms with Gasteiger partial charge in [-0.05, 0) is 48.9 Å². The van der Waals surface area contributed by atoms with Crippen molar-refractivity contribution in [3.63, 3.8) is 0 Å². The smallest absolute Gasteiger partial charge is 0.337 e. The molecule has 0 saturated heterocycles. The molecule has 8 nitrogen and oxygen atoms in total. The van der Waals surface area contributed by atoms with Crippen LogP contribution >= 0.6 is 0 Å². The molecule has 1 aromatic heterocycles. The number of amides is 1. The molecule has 3 rings (SSSR count). The fourth-order valence-electron chi connectivity index (χ4n) is 3.12. The van der Waals surface area contributed by atoms with Crippen LogP contribution < -0.4 is 21.5 Å². The van der Waals surface area contributed by atoms with Crippen molar-refractivity contribution in [2.45, 2.75) is 13.3 Å². The maximum atomic E-state index is 12.7. The Balaban J connectivity index is 1.61. The zero-order valence-corrected chi connectivity index (χ0v) is 18.7. The number of aromatic nitrogens is 1. The second kappa shape index (κ2) is 11.3. The van der Waals surface area contributed by atoms with Crippen LogP contribution in [0.4, 0.5) is 5.69 Å². The molecule has 0 aliphatic heterocycles. The number of carboxylic acids is 1. The lowest BCUT2D eigenvalue weighted by atomic mass is 10.1. The van der Waals surface area contributed by atoms with Gasteiger partial charge in [-0.3, -0.25) is 9.78 Å². The van der Waals surface area contributed by atoms with E-state index < -0.39 is 11.9 Å². The van der Waals surface area contributed by atoms with E-state index in [2.05, 4.69) is 10.3 Å². The van der Waals surface area contributed by atoms with Gasteiger partial charge < -0.3 is 26.6 Å². The van der Waals surface area contributed by atoms with Crippen molar-refractivity contribution in [2.75, 3.05) is 11.9 Å². The number of ether oxygens (including phenoxy) is 1. The summed E-state index contributed by atoms with van der Waals surface area (Å²) in [6.07, 6.45) is 4.73. The van der Waals surface area contributed by atoms with Crippen molar-refractivity contribution in [1.29, 1.82) is 0 Å². The van der Waals surface area contributed by atoms with Crippen LogP contribution in [0.2, 0.25) is 0 Å². The number of carboxylic acid groups (broad SMARTS) is 1. The van der Waals surface area contributed by atoms with E-state index in [0.717, 1.165) is 12.6 Å². The Hall–Kier alpha value is -4.59. The molecular formula is C26H26N4O4. The molecule has 174 valence electrons. The number of anilines is 1. The molecule has 8 heteroatoms. The van der Waals surface area contributed by atoms with E-state index in [1.165, 1.54) is 23.9 Å². The van der Waals surface area contributed by atoms with Gasteiger partial charge in [-0.1, -0.05) is 30.3 Å². The van der Waals surface area contributed by atoms with Crippen molar-refractivity contribution >= 4 is 23.3 Å².